The molecule has 1 amide bonds. The molecule has 1 aromatic rings. The molecule has 1 N–H and O–H groups in total. The zero-order valence-corrected chi connectivity index (χ0v) is 13.6. The van der Waals surface area contributed by atoms with E-state index in [2.05, 4.69) is 5.32 Å². The number of para-hydroxylation sites is 2. The van der Waals surface area contributed by atoms with Crippen molar-refractivity contribution in [3.05, 3.63) is 24.3 Å². The predicted molar refractivity (Wildman–Crippen MR) is 83.8 cm³/mol. The average Bonchev–Trinajstić information content (AvgIpc) is 2.99. The topological polar surface area (TPSA) is 81.7 Å². The number of benzene rings is 1. The highest BCUT2D eigenvalue weighted by Gasteiger charge is 2.32. The molecule has 1 aromatic carbocycles. The Labute approximate surface area is 130 Å². The molecule has 6 nitrogen and oxygen atoms in total. The lowest BCUT2D eigenvalue weighted by molar-refractivity contribution is -0.115. The molecule has 1 fully saturated rings. The normalized spacial score (nSPS) is 19.6. The third-order valence-corrected chi connectivity index (χ3v) is 5.84. The van der Waals surface area contributed by atoms with Crippen LogP contribution in [0.2, 0.25) is 0 Å². The summed E-state index contributed by atoms with van der Waals surface area (Å²) in [6.45, 7) is 1.98. The Kier molecular flexibility index (Phi) is 5.42. The van der Waals surface area contributed by atoms with Crippen molar-refractivity contribution in [2.75, 3.05) is 24.8 Å². The van der Waals surface area contributed by atoms with Crippen LogP contribution in [0.15, 0.2) is 24.3 Å². The molecule has 7 heteroatoms. The number of rotatable bonds is 6. The Bertz CT molecular complexity index is 623. The average molecular weight is 327 g/mol. The van der Waals surface area contributed by atoms with Crippen molar-refractivity contribution < 1.29 is 22.7 Å². The van der Waals surface area contributed by atoms with Gasteiger partial charge in [-0.1, -0.05) is 12.1 Å². The first-order valence-electron chi connectivity index (χ1n) is 7.21. The van der Waals surface area contributed by atoms with E-state index < -0.39 is 21.0 Å². The summed E-state index contributed by atoms with van der Waals surface area (Å²) in [5.41, 5.74) is 0.453. The van der Waals surface area contributed by atoms with Gasteiger partial charge in [0.1, 0.15) is 11.0 Å². The molecule has 0 bridgehead atoms. The molecule has 2 unspecified atom stereocenters. The lowest BCUT2D eigenvalue weighted by Crippen LogP contribution is -2.37. The summed E-state index contributed by atoms with van der Waals surface area (Å²) in [5.74, 6) is -0.199. The highest BCUT2D eigenvalue weighted by molar-refractivity contribution is 7.92. The molecule has 0 aromatic heterocycles. The summed E-state index contributed by atoms with van der Waals surface area (Å²) in [4.78, 5) is 12.2. The standard InChI is InChI=1S/C15H21NO5S/c1-11(22(18,19)10-12-6-5-9-21-12)15(17)16-13-7-3-4-8-14(13)20-2/h3-4,7-8,11-12H,5-6,9-10H2,1-2H3,(H,16,17). The van der Waals surface area contributed by atoms with E-state index in [1.807, 2.05) is 0 Å². The van der Waals surface area contributed by atoms with Crippen molar-refractivity contribution in [2.24, 2.45) is 0 Å². The molecule has 2 atom stereocenters. The van der Waals surface area contributed by atoms with E-state index in [0.717, 1.165) is 12.8 Å². The Morgan fingerprint density at radius 1 is 1.45 bits per heavy atom. The first-order valence-corrected chi connectivity index (χ1v) is 8.92. The van der Waals surface area contributed by atoms with E-state index in [9.17, 15) is 13.2 Å². The number of methoxy groups -OCH3 is 1. The second-order valence-corrected chi connectivity index (χ2v) is 7.66. The maximum atomic E-state index is 12.3. The number of amides is 1. The van der Waals surface area contributed by atoms with Crippen molar-refractivity contribution >= 4 is 21.4 Å². The molecule has 1 aliphatic heterocycles. The molecule has 1 heterocycles. The highest BCUT2D eigenvalue weighted by atomic mass is 32.2. The van der Waals surface area contributed by atoms with Gasteiger partial charge in [-0.3, -0.25) is 4.79 Å². The van der Waals surface area contributed by atoms with Crippen LogP contribution in [0.5, 0.6) is 5.75 Å². The molecular weight excluding hydrogens is 306 g/mol. The van der Waals surface area contributed by atoms with E-state index in [0.29, 0.717) is 18.0 Å². The van der Waals surface area contributed by atoms with Crippen molar-refractivity contribution in [3.63, 3.8) is 0 Å². The highest BCUT2D eigenvalue weighted by Crippen LogP contribution is 2.24. The van der Waals surface area contributed by atoms with Crippen molar-refractivity contribution in [1.82, 2.24) is 0 Å². The minimum atomic E-state index is -3.56. The van der Waals surface area contributed by atoms with Crippen molar-refractivity contribution in [1.29, 1.82) is 0 Å². The van der Waals surface area contributed by atoms with E-state index >= 15 is 0 Å². The summed E-state index contributed by atoms with van der Waals surface area (Å²) in [5, 5.41) is 1.47. The number of nitrogens with one attached hydrogen (secondary N) is 1. The summed E-state index contributed by atoms with van der Waals surface area (Å²) in [6.07, 6.45) is 1.29. The number of sulfone groups is 1. The van der Waals surface area contributed by atoms with Crippen LogP contribution in [0.25, 0.3) is 0 Å². The molecular formula is C15H21NO5S. The van der Waals surface area contributed by atoms with Gasteiger partial charge in [0.05, 0.1) is 24.7 Å². The fourth-order valence-electron chi connectivity index (χ4n) is 2.32. The van der Waals surface area contributed by atoms with Crippen LogP contribution in [-0.4, -0.2) is 45.1 Å². The second-order valence-electron chi connectivity index (χ2n) is 5.30. The van der Waals surface area contributed by atoms with Crippen LogP contribution in [0.3, 0.4) is 0 Å². The summed E-state index contributed by atoms with van der Waals surface area (Å²) in [7, 11) is -2.07. The number of carbonyl (C=O) groups is 1. The minimum absolute atomic E-state index is 0.118. The van der Waals surface area contributed by atoms with Crippen LogP contribution in [0.4, 0.5) is 5.69 Å². The first-order chi connectivity index (χ1) is 10.4. The van der Waals surface area contributed by atoms with Crippen LogP contribution in [0, 0.1) is 0 Å². The van der Waals surface area contributed by atoms with Crippen LogP contribution in [-0.2, 0) is 19.4 Å². The minimum Gasteiger partial charge on any atom is -0.495 e. The molecule has 0 saturated carbocycles. The summed E-state index contributed by atoms with van der Waals surface area (Å²) >= 11 is 0. The van der Waals surface area contributed by atoms with Gasteiger partial charge in [0.15, 0.2) is 9.84 Å². The van der Waals surface area contributed by atoms with E-state index in [1.54, 1.807) is 24.3 Å². The molecule has 0 spiro atoms. The third-order valence-electron chi connectivity index (χ3n) is 3.71. The third kappa shape index (κ3) is 3.98. The quantitative estimate of drug-likeness (QED) is 0.858. The van der Waals surface area contributed by atoms with Gasteiger partial charge in [-0.25, -0.2) is 8.42 Å². The van der Waals surface area contributed by atoms with Gasteiger partial charge in [-0.15, -0.1) is 0 Å². The monoisotopic (exact) mass is 327 g/mol. The van der Waals surface area contributed by atoms with Crippen LogP contribution < -0.4 is 10.1 Å². The first kappa shape index (κ1) is 16.8. The van der Waals surface area contributed by atoms with Gasteiger partial charge in [-0.05, 0) is 31.9 Å². The Balaban J connectivity index is 2.04. The van der Waals surface area contributed by atoms with E-state index in [1.165, 1.54) is 14.0 Å². The second kappa shape index (κ2) is 7.11. The largest absolute Gasteiger partial charge is 0.495 e. The molecule has 2 rings (SSSR count). The number of anilines is 1. The van der Waals surface area contributed by atoms with E-state index in [4.69, 9.17) is 9.47 Å². The molecule has 1 saturated heterocycles. The summed E-state index contributed by atoms with van der Waals surface area (Å²) < 4.78 is 35.1. The molecule has 1 aliphatic rings. The maximum Gasteiger partial charge on any atom is 0.242 e. The number of ether oxygens (including phenoxy) is 2. The lowest BCUT2D eigenvalue weighted by atomic mass is 10.3. The predicted octanol–water partition coefficient (Wildman–Crippen LogP) is 1.62. The lowest BCUT2D eigenvalue weighted by Gasteiger charge is -2.17. The SMILES string of the molecule is COc1ccccc1NC(=O)C(C)S(=O)(=O)CC1CCCO1. The smallest absolute Gasteiger partial charge is 0.242 e. The van der Waals surface area contributed by atoms with Crippen molar-refractivity contribution in [2.45, 2.75) is 31.1 Å². The van der Waals surface area contributed by atoms with Gasteiger partial charge in [0, 0.05) is 6.61 Å². The van der Waals surface area contributed by atoms with Gasteiger partial charge >= 0.3 is 0 Å². The van der Waals surface area contributed by atoms with Gasteiger partial charge in [0.2, 0.25) is 5.91 Å². The number of carbonyl (C=O) groups excluding carboxylic acids is 1. The molecule has 122 valence electrons. The van der Waals surface area contributed by atoms with Crippen LogP contribution in [0.1, 0.15) is 19.8 Å². The summed E-state index contributed by atoms with van der Waals surface area (Å²) in [6, 6.07) is 6.87. The molecule has 0 radical (unpaired) electrons. The van der Waals surface area contributed by atoms with Crippen molar-refractivity contribution in [3.8, 4) is 5.75 Å². The fourth-order valence-corrected chi connectivity index (χ4v) is 3.78. The van der Waals surface area contributed by atoms with Gasteiger partial charge < -0.3 is 14.8 Å². The fraction of sp³-hybridized carbons (Fsp3) is 0.533. The molecule has 0 aliphatic carbocycles. The zero-order valence-electron chi connectivity index (χ0n) is 12.7. The van der Waals surface area contributed by atoms with Gasteiger partial charge in [0.25, 0.3) is 0 Å². The number of hydrogen-bond donors (Lipinski definition) is 1. The van der Waals surface area contributed by atoms with Crippen LogP contribution >= 0.6 is 0 Å². The van der Waals surface area contributed by atoms with E-state index in [-0.39, 0.29) is 11.9 Å². The Morgan fingerprint density at radius 3 is 2.82 bits per heavy atom. The molecule has 22 heavy (non-hydrogen) atoms. The maximum absolute atomic E-state index is 12.3. The Hall–Kier alpha value is -1.60. The Morgan fingerprint density at radius 2 is 2.18 bits per heavy atom. The van der Waals surface area contributed by atoms with Gasteiger partial charge in [-0.2, -0.15) is 0 Å². The zero-order chi connectivity index (χ0) is 16.2. The number of hydrogen-bond acceptors (Lipinski definition) is 5.